The molecule has 0 aromatic heterocycles. The fraction of sp³-hybridized carbons (Fsp3) is 1.00. The Morgan fingerprint density at radius 3 is 2.36 bits per heavy atom. The van der Waals surface area contributed by atoms with Crippen LogP contribution in [0.1, 0.15) is 39.0 Å². The molecule has 1 atom stereocenters. The zero-order valence-corrected chi connectivity index (χ0v) is 9.63. The summed E-state index contributed by atoms with van der Waals surface area (Å²) in [5.41, 5.74) is 0. The van der Waals surface area contributed by atoms with Crippen LogP contribution in [0.15, 0.2) is 0 Å². The van der Waals surface area contributed by atoms with E-state index >= 15 is 0 Å². The fourth-order valence-corrected chi connectivity index (χ4v) is 2.61. The molecule has 1 saturated carbocycles. The Bertz CT molecular complexity index is 169. The molecule has 0 bridgehead atoms. The summed E-state index contributed by atoms with van der Waals surface area (Å²) in [4.78, 5) is 2.69. The van der Waals surface area contributed by atoms with Gasteiger partial charge >= 0.3 is 0 Å². The molecule has 0 spiro atoms. The molecule has 1 unspecified atom stereocenters. The molecule has 0 radical (unpaired) electrons. The van der Waals surface area contributed by atoms with Crippen molar-refractivity contribution in [2.24, 2.45) is 5.92 Å². The molecule has 1 aliphatic heterocycles. The number of piperidine rings is 1. The first-order valence-electron chi connectivity index (χ1n) is 6.21. The molecule has 0 aromatic carbocycles. The van der Waals surface area contributed by atoms with E-state index in [2.05, 4.69) is 24.2 Å². The first-order chi connectivity index (χ1) is 6.79. The molecule has 2 nitrogen and oxygen atoms in total. The smallest absolute Gasteiger partial charge is 0.00884 e. The van der Waals surface area contributed by atoms with Gasteiger partial charge in [-0.15, -0.1) is 0 Å². The highest BCUT2D eigenvalue weighted by Gasteiger charge is 2.28. The minimum absolute atomic E-state index is 0.777. The SMILES string of the molecule is CNC1CCN(C(C)CC2CC2)CC1. The van der Waals surface area contributed by atoms with Gasteiger partial charge in [0.15, 0.2) is 0 Å². The average Bonchev–Trinajstić information content (AvgIpc) is 3.02. The van der Waals surface area contributed by atoms with Crippen LogP contribution in [0.25, 0.3) is 0 Å². The standard InChI is InChI=1S/C12H24N2/c1-10(9-11-3-4-11)14-7-5-12(13-2)6-8-14/h10-13H,3-9H2,1-2H3. The maximum absolute atomic E-state index is 3.39. The highest BCUT2D eigenvalue weighted by molar-refractivity contribution is 4.83. The zero-order chi connectivity index (χ0) is 9.97. The lowest BCUT2D eigenvalue weighted by molar-refractivity contribution is 0.145. The Labute approximate surface area is 88.1 Å². The van der Waals surface area contributed by atoms with Crippen molar-refractivity contribution in [2.45, 2.75) is 51.1 Å². The van der Waals surface area contributed by atoms with Crippen LogP contribution in [0.4, 0.5) is 0 Å². The summed E-state index contributed by atoms with van der Waals surface area (Å²) in [5, 5.41) is 3.39. The second-order valence-corrected chi connectivity index (χ2v) is 5.13. The van der Waals surface area contributed by atoms with Gasteiger partial charge in [0.2, 0.25) is 0 Å². The molecule has 1 aliphatic carbocycles. The van der Waals surface area contributed by atoms with E-state index < -0.39 is 0 Å². The van der Waals surface area contributed by atoms with Crippen molar-refractivity contribution in [2.75, 3.05) is 20.1 Å². The normalized spacial score (nSPS) is 27.9. The summed E-state index contributed by atoms with van der Waals surface area (Å²) < 4.78 is 0. The van der Waals surface area contributed by atoms with Crippen molar-refractivity contribution in [3.63, 3.8) is 0 Å². The molecule has 2 heteroatoms. The molecular formula is C12H24N2. The van der Waals surface area contributed by atoms with Crippen molar-refractivity contribution >= 4 is 0 Å². The minimum Gasteiger partial charge on any atom is -0.317 e. The van der Waals surface area contributed by atoms with Gasteiger partial charge in [0, 0.05) is 12.1 Å². The number of nitrogens with zero attached hydrogens (tertiary/aromatic N) is 1. The van der Waals surface area contributed by atoms with Gasteiger partial charge in [-0.2, -0.15) is 0 Å². The van der Waals surface area contributed by atoms with Crippen molar-refractivity contribution in [3.8, 4) is 0 Å². The van der Waals surface area contributed by atoms with Gasteiger partial charge in [0.1, 0.15) is 0 Å². The summed E-state index contributed by atoms with van der Waals surface area (Å²) in [6.45, 7) is 5.02. The highest BCUT2D eigenvalue weighted by atomic mass is 15.2. The Kier molecular flexibility index (Phi) is 3.45. The number of nitrogens with one attached hydrogen (secondary N) is 1. The van der Waals surface area contributed by atoms with Gasteiger partial charge < -0.3 is 10.2 Å². The van der Waals surface area contributed by atoms with Crippen LogP contribution in [-0.4, -0.2) is 37.1 Å². The van der Waals surface area contributed by atoms with Crippen molar-refractivity contribution in [1.29, 1.82) is 0 Å². The molecule has 1 N–H and O–H groups in total. The van der Waals surface area contributed by atoms with Gasteiger partial charge in [-0.05, 0) is 52.2 Å². The third kappa shape index (κ3) is 2.71. The van der Waals surface area contributed by atoms with E-state index in [4.69, 9.17) is 0 Å². The van der Waals surface area contributed by atoms with Crippen LogP contribution in [0, 0.1) is 5.92 Å². The number of likely N-dealkylation sites (tertiary alicyclic amines) is 1. The van der Waals surface area contributed by atoms with Crippen molar-refractivity contribution in [1.82, 2.24) is 10.2 Å². The molecule has 2 fully saturated rings. The third-order valence-corrected chi connectivity index (χ3v) is 3.93. The second-order valence-electron chi connectivity index (χ2n) is 5.13. The van der Waals surface area contributed by atoms with Crippen molar-refractivity contribution in [3.05, 3.63) is 0 Å². The lowest BCUT2D eigenvalue weighted by Gasteiger charge is -2.36. The van der Waals surface area contributed by atoms with E-state index in [9.17, 15) is 0 Å². The Hall–Kier alpha value is -0.0800. The van der Waals surface area contributed by atoms with Gasteiger partial charge in [-0.3, -0.25) is 0 Å². The summed E-state index contributed by atoms with van der Waals surface area (Å²) in [6.07, 6.45) is 7.12. The lowest BCUT2D eigenvalue weighted by atomic mass is 10.0. The predicted molar refractivity (Wildman–Crippen MR) is 60.5 cm³/mol. The summed E-state index contributed by atoms with van der Waals surface area (Å²) >= 11 is 0. The van der Waals surface area contributed by atoms with Crippen LogP contribution >= 0.6 is 0 Å². The Balaban J connectivity index is 1.70. The molecule has 0 amide bonds. The molecule has 0 aromatic rings. The molecule has 1 saturated heterocycles. The van der Waals surface area contributed by atoms with Crippen LogP contribution in [0.5, 0.6) is 0 Å². The molecule has 2 aliphatic rings. The van der Waals surface area contributed by atoms with Crippen molar-refractivity contribution < 1.29 is 0 Å². The van der Waals surface area contributed by atoms with Gasteiger partial charge in [-0.25, -0.2) is 0 Å². The summed E-state index contributed by atoms with van der Waals surface area (Å²) in [5.74, 6) is 1.08. The molecule has 82 valence electrons. The molecule has 2 rings (SSSR count). The average molecular weight is 196 g/mol. The number of hydrogen-bond donors (Lipinski definition) is 1. The van der Waals surface area contributed by atoms with E-state index in [1.165, 1.54) is 45.2 Å². The Morgan fingerprint density at radius 2 is 1.86 bits per heavy atom. The first-order valence-corrected chi connectivity index (χ1v) is 6.21. The van der Waals surface area contributed by atoms with Gasteiger partial charge in [0.25, 0.3) is 0 Å². The van der Waals surface area contributed by atoms with Crippen LogP contribution in [-0.2, 0) is 0 Å². The largest absolute Gasteiger partial charge is 0.317 e. The van der Waals surface area contributed by atoms with Crippen LogP contribution in [0.3, 0.4) is 0 Å². The second kappa shape index (κ2) is 4.63. The molecule has 1 heterocycles. The van der Waals surface area contributed by atoms with Gasteiger partial charge in [-0.1, -0.05) is 12.8 Å². The van der Waals surface area contributed by atoms with E-state index in [0.29, 0.717) is 0 Å². The third-order valence-electron chi connectivity index (χ3n) is 3.93. The monoisotopic (exact) mass is 196 g/mol. The van der Waals surface area contributed by atoms with Gasteiger partial charge in [0.05, 0.1) is 0 Å². The maximum Gasteiger partial charge on any atom is 0.00884 e. The lowest BCUT2D eigenvalue weighted by Crippen LogP contribution is -2.45. The Morgan fingerprint density at radius 1 is 1.21 bits per heavy atom. The molecule has 14 heavy (non-hydrogen) atoms. The quantitative estimate of drug-likeness (QED) is 0.738. The minimum atomic E-state index is 0.777. The zero-order valence-electron chi connectivity index (χ0n) is 9.63. The summed E-state index contributed by atoms with van der Waals surface area (Å²) in [7, 11) is 2.09. The molecular weight excluding hydrogens is 172 g/mol. The van der Waals surface area contributed by atoms with E-state index in [-0.39, 0.29) is 0 Å². The summed E-state index contributed by atoms with van der Waals surface area (Å²) in [6, 6.07) is 1.61. The number of rotatable bonds is 4. The first kappa shape index (κ1) is 10.4. The van der Waals surface area contributed by atoms with Crippen LogP contribution < -0.4 is 5.32 Å². The van der Waals surface area contributed by atoms with E-state index in [1.807, 2.05) is 0 Å². The predicted octanol–water partition coefficient (Wildman–Crippen LogP) is 1.86. The fourth-order valence-electron chi connectivity index (χ4n) is 2.61. The van der Waals surface area contributed by atoms with Crippen LogP contribution in [0.2, 0.25) is 0 Å². The highest BCUT2D eigenvalue weighted by Crippen LogP contribution is 2.34. The van der Waals surface area contributed by atoms with E-state index in [0.717, 1.165) is 18.0 Å². The number of hydrogen-bond acceptors (Lipinski definition) is 2. The topological polar surface area (TPSA) is 15.3 Å². The maximum atomic E-state index is 3.39. The van der Waals surface area contributed by atoms with E-state index in [1.54, 1.807) is 0 Å².